The van der Waals surface area contributed by atoms with Gasteiger partial charge in [-0.2, -0.15) is 0 Å². The number of hydrogen-bond donors (Lipinski definition) is 2. The Labute approximate surface area is 240 Å². The molecule has 0 aliphatic carbocycles. The quantitative estimate of drug-likeness (QED) is 0.392. The Balaban J connectivity index is 1.27. The van der Waals surface area contributed by atoms with Gasteiger partial charge in [0.1, 0.15) is 6.04 Å². The standard InChI is InChI=1S/C29H33N5O4S2/c1-40(36,37)34-21-29(24-11-5-6-12-26(24)34)13-16-33(17-14-29)27(35)25(20-38-19-22-8-3-2-4-9-22)32-28(39)31-23-10-7-15-30-18-23/h2-12,15,18,25H,13-14,16-17,19-21H2,1H3,(H2,31,32,39)/t25-/m1/s1. The molecule has 1 saturated heterocycles. The third kappa shape index (κ3) is 6.27. The summed E-state index contributed by atoms with van der Waals surface area (Å²) in [6.45, 7) is 1.91. The average Bonchev–Trinajstić information content (AvgIpc) is 3.28. The lowest BCUT2D eigenvalue weighted by molar-refractivity contribution is -0.136. The Bertz CT molecular complexity index is 1450. The second kappa shape index (κ2) is 11.9. The van der Waals surface area contributed by atoms with E-state index in [1.165, 1.54) is 10.6 Å². The van der Waals surface area contributed by atoms with Gasteiger partial charge in [-0.1, -0.05) is 48.5 Å². The molecule has 9 nitrogen and oxygen atoms in total. The number of thiocarbonyl (C=S) groups is 1. The zero-order chi connectivity index (χ0) is 28.2. The van der Waals surface area contributed by atoms with E-state index < -0.39 is 16.1 Å². The second-order valence-corrected chi connectivity index (χ2v) is 12.6. The van der Waals surface area contributed by atoms with Gasteiger partial charge in [-0.15, -0.1) is 0 Å². The highest BCUT2D eigenvalue weighted by Crippen LogP contribution is 2.47. The number of likely N-dealkylation sites (tertiary alicyclic amines) is 1. The van der Waals surface area contributed by atoms with Crippen LogP contribution in [0.2, 0.25) is 0 Å². The Kier molecular flexibility index (Phi) is 8.34. The van der Waals surface area contributed by atoms with Crippen molar-refractivity contribution in [3.05, 3.63) is 90.3 Å². The maximum Gasteiger partial charge on any atom is 0.247 e. The number of pyridine rings is 1. The fourth-order valence-corrected chi connectivity index (χ4v) is 6.75. The fourth-order valence-electron chi connectivity index (χ4n) is 5.49. The van der Waals surface area contributed by atoms with Crippen LogP contribution in [-0.4, -0.2) is 67.9 Å². The molecule has 0 unspecified atom stereocenters. The largest absolute Gasteiger partial charge is 0.374 e. The van der Waals surface area contributed by atoms with Crippen LogP contribution in [0.3, 0.4) is 0 Å². The molecule has 1 spiro atoms. The first kappa shape index (κ1) is 28.0. The minimum absolute atomic E-state index is 0.107. The van der Waals surface area contributed by atoms with Crippen LogP contribution in [-0.2, 0) is 31.6 Å². The van der Waals surface area contributed by atoms with Crippen LogP contribution >= 0.6 is 12.2 Å². The molecule has 3 heterocycles. The summed E-state index contributed by atoms with van der Waals surface area (Å²) in [5.41, 5.74) is 3.19. The van der Waals surface area contributed by atoms with Crippen molar-refractivity contribution in [2.75, 3.05) is 42.1 Å². The van der Waals surface area contributed by atoms with Gasteiger partial charge in [0.15, 0.2) is 5.11 Å². The van der Waals surface area contributed by atoms with E-state index in [1.54, 1.807) is 18.5 Å². The molecule has 0 bridgehead atoms. The molecule has 5 rings (SSSR count). The van der Waals surface area contributed by atoms with Gasteiger partial charge in [-0.05, 0) is 54.4 Å². The molecule has 40 heavy (non-hydrogen) atoms. The molecule has 11 heteroatoms. The van der Waals surface area contributed by atoms with Crippen molar-refractivity contribution in [3.8, 4) is 0 Å². The Morgan fingerprint density at radius 1 is 1.07 bits per heavy atom. The molecule has 2 aliphatic rings. The lowest BCUT2D eigenvalue weighted by Gasteiger charge is -2.41. The summed E-state index contributed by atoms with van der Waals surface area (Å²) in [6.07, 6.45) is 5.90. The van der Waals surface area contributed by atoms with E-state index in [1.807, 2.05) is 65.6 Å². The minimum atomic E-state index is -3.41. The van der Waals surface area contributed by atoms with Gasteiger partial charge in [0.2, 0.25) is 15.9 Å². The number of hydrogen-bond acceptors (Lipinski definition) is 6. The third-order valence-electron chi connectivity index (χ3n) is 7.54. The minimum Gasteiger partial charge on any atom is -0.374 e. The first-order valence-corrected chi connectivity index (χ1v) is 15.5. The van der Waals surface area contributed by atoms with Gasteiger partial charge < -0.3 is 20.3 Å². The summed E-state index contributed by atoms with van der Waals surface area (Å²) in [7, 11) is -3.41. The summed E-state index contributed by atoms with van der Waals surface area (Å²) in [6, 6.07) is 20.4. The molecule has 2 aliphatic heterocycles. The molecule has 1 fully saturated rings. The maximum atomic E-state index is 13.8. The fraction of sp³-hybridized carbons (Fsp3) is 0.345. The summed E-state index contributed by atoms with van der Waals surface area (Å²) in [5, 5.41) is 6.52. The number of aromatic nitrogens is 1. The number of ether oxygens (including phenoxy) is 1. The van der Waals surface area contributed by atoms with Gasteiger partial charge in [0.05, 0.1) is 37.0 Å². The first-order chi connectivity index (χ1) is 19.2. The van der Waals surface area contributed by atoms with Crippen molar-refractivity contribution >= 4 is 44.6 Å². The number of carbonyl (C=O) groups is 1. The smallest absolute Gasteiger partial charge is 0.247 e. The SMILES string of the molecule is CS(=O)(=O)N1CC2(CCN(C(=O)[C@@H](COCc3ccccc3)NC(=S)Nc3cccnc3)CC2)c2ccccc21. The normalized spacial score (nSPS) is 16.8. The molecular formula is C29H33N5O4S2. The molecule has 1 atom stereocenters. The molecule has 0 saturated carbocycles. The number of carbonyl (C=O) groups excluding carboxylic acids is 1. The number of nitrogens with zero attached hydrogens (tertiary/aromatic N) is 3. The van der Waals surface area contributed by atoms with E-state index in [0.29, 0.717) is 49.9 Å². The van der Waals surface area contributed by atoms with E-state index in [9.17, 15) is 13.2 Å². The Morgan fingerprint density at radius 2 is 1.80 bits per heavy atom. The highest BCUT2D eigenvalue weighted by atomic mass is 32.2. The van der Waals surface area contributed by atoms with Crippen LogP contribution in [0, 0.1) is 0 Å². The molecule has 0 radical (unpaired) electrons. The number of anilines is 2. The van der Waals surface area contributed by atoms with Crippen LogP contribution in [0.15, 0.2) is 79.1 Å². The number of sulfonamides is 1. The zero-order valence-corrected chi connectivity index (χ0v) is 24.0. The van der Waals surface area contributed by atoms with Gasteiger partial charge in [0, 0.05) is 31.2 Å². The number of nitrogens with one attached hydrogen (secondary N) is 2. The Hall–Kier alpha value is -3.54. The van der Waals surface area contributed by atoms with E-state index in [-0.39, 0.29) is 17.9 Å². The molecular weight excluding hydrogens is 546 g/mol. The maximum absolute atomic E-state index is 13.8. The van der Waals surface area contributed by atoms with Crippen LogP contribution in [0.5, 0.6) is 0 Å². The third-order valence-corrected chi connectivity index (χ3v) is 8.89. The first-order valence-electron chi connectivity index (χ1n) is 13.2. The highest BCUT2D eigenvalue weighted by Gasteiger charge is 2.47. The van der Waals surface area contributed by atoms with Gasteiger partial charge >= 0.3 is 0 Å². The summed E-state index contributed by atoms with van der Waals surface area (Å²) < 4.78 is 32.5. The van der Waals surface area contributed by atoms with E-state index in [0.717, 1.165) is 16.8 Å². The van der Waals surface area contributed by atoms with E-state index in [4.69, 9.17) is 17.0 Å². The topological polar surface area (TPSA) is 104 Å². The van der Waals surface area contributed by atoms with Crippen molar-refractivity contribution in [3.63, 3.8) is 0 Å². The van der Waals surface area contributed by atoms with Gasteiger partial charge in [0.25, 0.3) is 0 Å². The van der Waals surface area contributed by atoms with Crippen LogP contribution in [0.4, 0.5) is 11.4 Å². The van der Waals surface area contributed by atoms with Crippen molar-refractivity contribution in [1.29, 1.82) is 0 Å². The Morgan fingerprint density at radius 3 is 2.50 bits per heavy atom. The summed E-state index contributed by atoms with van der Waals surface area (Å²) >= 11 is 5.51. The lowest BCUT2D eigenvalue weighted by atomic mass is 9.74. The number of benzene rings is 2. The summed E-state index contributed by atoms with van der Waals surface area (Å²) in [5.74, 6) is -0.107. The van der Waals surface area contributed by atoms with Gasteiger partial charge in [-0.25, -0.2) is 8.42 Å². The monoisotopic (exact) mass is 579 g/mol. The summed E-state index contributed by atoms with van der Waals surface area (Å²) in [4.78, 5) is 19.7. The van der Waals surface area contributed by atoms with Crippen LogP contribution in [0.25, 0.3) is 0 Å². The van der Waals surface area contributed by atoms with Crippen LogP contribution in [0.1, 0.15) is 24.0 Å². The molecule has 2 aromatic carbocycles. The predicted octanol–water partition coefficient (Wildman–Crippen LogP) is 3.29. The average molecular weight is 580 g/mol. The lowest BCUT2D eigenvalue weighted by Crippen LogP contribution is -2.55. The number of para-hydroxylation sites is 1. The molecule has 3 aromatic rings. The molecule has 1 amide bonds. The van der Waals surface area contributed by atoms with E-state index >= 15 is 0 Å². The molecule has 2 N–H and O–H groups in total. The van der Waals surface area contributed by atoms with Crippen molar-refractivity contribution in [2.45, 2.75) is 30.9 Å². The number of rotatable bonds is 8. The molecule has 210 valence electrons. The van der Waals surface area contributed by atoms with Crippen molar-refractivity contribution in [2.24, 2.45) is 0 Å². The van der Waals surface area contributed by atoms with Crippen molar-refractivity contribution < 1.29 is 17.9 Å². The predicted molar refractivity (Wildman–Crippen MR) is 160 cm³/mol. The van der Waals surface area contributed by atoms with Crippen molar-refractivity contribution in [1.82, 2.24) is 15.2 Å². The number of fused-ring (bicyclic) bond motifs is 2. The van der Waals surface area contributed by atoms with E-state index in [2.05, 4.69) is 15.6 Å². The molecule has 1 aromatic heterocycles. The number of piperidine rings is 1. The van der Waals surface area contributed by atoms with Gasteiger partial charge in [-0.3, -0.25) is 14.1 Å². The number of amides is 1. The second-order valence-electron chi connectivity index (χ2n) is 10.3. The van der Waals surface area contributed by atoms with Crippen LogP contribution < -0.4 is 14.9 Å². The zero-order valence-electron chi connectivity index (χ0n) is 22.3. The highest BCUT2D eigenvalue weighted by molar-refractivity contribution is 7.92.